The fourth-order valence-electron chi connectivity index (χ4n) is 4.43. The van der Waals surface area contributed by atoms with Gasteiger partial charge >= 0.3 is 11.9 Å². The number of para-hydroxylation sites is 1. The van der Waals surface area contributed by atoms with E-state index >= 15 is 0 Å². The lowest BCUT2D eigenvalue weighted by atomic mass is 9.86. The molecule has 2 aliphatic rings. The van der Waals surface area contributed by atoms with Crippen LogP contribution in [0.5, 0.6) is 0 Å². The predicted molar refractivity (Wildman–Crippen MR) is 97.2 cm³/mol. The monoisotopic (exact) mass is 365 g/mol. The lowest BCUT2D eigenvalue weighted by molar-refractivity contribution is -0.156. The van der Waals surface area contributed by atoms with E-state index < -0.39 is 35.9 Å². The number of carbonyl (C=O) groups excluding carboxylic acids is 3. The average Bonchev–Trinajstić information content (AvgIpc) is 3.03. The number of Topliss-reactive ketones (excluding diaryl/α,β-unsaturated/α-hetero) is 1. The SMILES string of the molecule is COC(=O)[C@H]1[C@H](C(=O)OC)[C@H]2c3ccccc3C(=O)[C@H]1N2c1ccccc1. The molecule has 4 atom stereocenters. The van der Waals surface area contributed by atoms with E-state index in [2.05, 4.69) is 0 Å². The van der Waals surface area contributed by atoms with Crippen molar-refractivity contribution in [2.45, 2.75) is 12.1 Å². The minimum atomic E-state index is -0.937. The standard InChI is InChI=1S/C21H19NO5/c1-26-20(24)15-16(21(25)27-2)18-19(23)14-11-7-6-10-13(14)17(15)22(18)12-8-4-3-5-9-12/h3-11,15-18H,1-2H3/t15-,16-,17+,18-/m0/s1. The highest BCUT2D eigenvalue weighted by Gasteiger charge is 2.62. The lowest BCUT2D eigenvalue weighted by Gasteiger charge is -2.37. The van der Waals surface area contributed by atoms with Crippen molar-refractivity contribution < 1.29 is 23.9 Å². The van der Waals surface area contributed by atoms with Gasteiger partial charge in [0.15, 0.2) is 5.78 Å². The molecule has 2 aromatic rings. The van der Waals surface area contributed by atoms with Crippen molar-refractivity contribution in [3.05, 3.63) is 65.7 Å². The summed E-state index contributed by atoms with van der Waals surface area (Å²) < 4.78 is 9.99. The molecule has 0 unspecified atom stereocenters. The van der Waals surface area contributed by atoms with Crippen LogP contribution in [0, 0.1) is 11.8 Å². The summed E-state index contributed by atoms with van der Waals surface area (Å²) in [5.41, 5.74) is 2.04. The van der Waals surface area contributed by atoms with Gasteiger partial charge in [0.2, 0.25) is 0 Å². The molecule has 0 radical (unpaired) electrons. The number of nitrogens with zero attached hydrogens (tertiary/aromatic N) is 1. The van der Waals surface area contributed by atoms with Gasteiger partial charge < -0.3 is 14.4 Å². The second-order valence-electron chi connectivity index (χ2n) is 6.68. The molecule has 2 heterocycles. The maximum absolute atomic E-state index is 13.3. The van der Waals surface area contributed by atoms with Crippen LogP contribution in [0.4, 0.5) is 5.69 Å². The summed E-state index contributed by atoms with van der Waals surface area (Å²) in [5, 5.41) is 0. The molecule has 2 aromatic carbocycles. The molecule has 0 spiro atoms. The number of esters is 2. The van der Waals surface area contributed by atoms with Gasteiger partial charge in [-0.05, 0) is 17.7 Å². The second kappa shape index (κ2) is 6.54. The summed E-state index contributed by atoms with van der Waals surface area (Å²) in [4.78, 5) is 40.6. The molecule has 27 heavy (non-hydrogen) atoms. The highest BCUT2D eigenvalue weighted by molar-refractivity contribution is 6.10. The first-order chi connectivity index (χ1) is 13.1. The van der Waals surface area contributed by atoms with E-state index in [9.17, 15) is 14.4 Å². The molecule has 0 amide bonds. The molecule has 0 aromatic heterocycles. The summed E-state index contributed by atoms with van der Waals surface area (Å²) in [6.45, 7) is 0. The van der Waals surface area contributed by atoms with E-state index in [1.807, 2.05) is 47.4 Å². The van der Waals surface area contributed by atoms with Crippen molar-refractivity contribution in [1.82, 2.24) is 0 Å². The molecule has 138 valence electrons. The third-order valence-corrected chi connectivity index (χ3v) is 5.48. The average molecular weight is 365 g/mol. The van der Waals surface area contributed by atoms with Gasteiger partial charge in [0.25, 0.3) is 0 Å². The zero-order valence-corrected chi connectivity index (χ0v) is 15.0. The highest BCUT2D eigenvalue weighted by Crippen LogP contribution is 2.53. The minimum Gasteiger partial charge on any atom is -0.469 e. The molecular formula is C21H19NO5. The first kappa shape index (κ1) is 17.3. The zero-order chi connectivity index (χ0) is 19.1. The van der Waals surface area contributed by atoms with Crippen LogP contribution < -0.4 is 4.90 Å². The first-order valence-corrected chi connectivity index (χ1v) is 8.72. The van der Waals surface area contributed by atoms with Gasteiger partial charge in [0, 0.05) is 11.3 Å². The van der Waals surface area contributed by atoms with Crippen LogP contribution in [0.1, 0.15) is 22.0 Å². The maximum Gasteiger partial charge on any atom is 0.312 e. The van der Waals surface area contributed by atoms with Gasteiger partial charge in [0.05, 0.1) is 26.2 Å². The smallest absolute Gasteiger partial charge is 0.312 e. The molecule has 0 N–H and O–H groups in total. The van der Waals surface area contributed by atoms with Gasteiger partial charge in [-0.1, -0.05) is 42.5 Å². The molecular weight excluding hydrogens is 346 g/mol. The minimum absolute atomic E-state index is 0.187. The number of anilines is 1. The second-order valence-corrected chi connectivity index (χ2v) is 6.68. The number of hydrogen-bond acceptors (Lipinski definition) is 6. The molecule has 2 bridgehead atoms. The van der Waals surface area contributed by atoms with Crippen LogP contribution in [0.3, 0.4) is 0 Å². The normalized spacial score (nSPS) is 25.7. The number of ketones is 1. The van der Waals surface area contributed by atoms with E-state index in [0.29, 0.717) is 5.56 Å². The molecule has 1 fully saturated rings. The zero-order valence-electron chi connectivity index (χ0n) is 15.0. The van der Waals surface area contributed by atoms with Crippen molar-refractivity contribution in [2.24, 2.45) is 11.8 Å². The van der Waals surface area contributed by atoms with Crippen LogP contribution in [-0.4, -0.2) is 38.0 Å². The third-order valence-electron chi connectivity index (χ3n) is 5.48. The molecule has 0 saturated carbocycles. The number of carbonyl (C=O) groups is 3. The molecule has 0 aliphatic carbocycles. The number of ether oxygens (including phenoxy) is 2. The van der Waals surface area contributed by atoms with E-state index in [0.717, 1.165) is 11.3 Å². The summed E-state index contributed by atoms with van der Waals surface area (Å²) in [6, 6.07) is 15.2. The van der Waals surface area contributed by atoms with Crippen LogP contribution in [0.2, 0.25) is 0 Å². The van der Waals surface area contributed by atoms with Gasteiger partial charge in [-0.3, -0.25) is 14.4 Å². The lowest BCUT2D eigenvalue weighted by Crippen LogP contribution is -2.46. The third kappa shape index (κ3) is 2.44. The van der Waals surface area contributed by atoms with Crippen molar-refractivity contribution in [3.63, 3.8) is 0 Å². The number of fused-ring (bicyclic) bond motifs is 4. The largest absolute Gasteiger partial charge is 0.469 e. The molecule has 6 heteroatoms. The fraction of sp³-hybridized carbons (Fsp3) is 0.286. The van der Waals surface area contributed by atoms with E-state index in [1.54, 1.807) is 12.1 Å². The van der Waals surface area contributed by atoms with Gasteiger partial charge in [-0.2, -0.15) is 0 Å². The van der Waals surface area contributed by atoms with Crippen LogP contribution in [0.15, 0.2) is 54.6 Å². The Hall–Kier alpha value is -3.15. The molecule has 2 aliphatic heterocycles. The Balaban J connectivity index is 1.98. The number of hydrogen-bond donors (Lipinski definition) is 0. The maximum atomic E-state index is 13.3. The topological polar surface area (TPSA) is 72.9 Å². The predicted octanol–water partition coefficient (Wildman–Crippen LogP) is 2.39. The van der Waals surface area contributed by atoms with Crippen LogP contribution in [-0.2, 0) is 19.1 Å². The number of methoxy groups -OCH3 is 2. The molecule has 6 nitrogen and oxygen atoms in total. The van der Waals surface area contributed by atoms with Gasteiger partial charge in [-0.15, -0.1) is 0 Å². The van der Waals surface area contributed by atoms with E-state index in [1.165, 1.54) is 14.2 Å². The van der Waals surface area contributed by atoms with Crippen molar-refractivity contribution in [3.8, 4) is 0 Å². The summed E-state index contributed by atoms with van der Waals surface area (Å²) in [5.74, 6) is -3.07. The van der Waals surface area contributed by atoms with Crippen molar-refractivity contribution in [1.29, 1.82) is 0 Å². The van der Waals surface area contributed by atoms with Crippen molar-refractivity contribution >= 4 is 23.4 Å². The Kier molecular flexibility index (Phi) is 4.18. The van der Waals surface area contributed by atoms with Gasteiger partial charge in [-0.25, -0.2) is 0 Å². The Morgan fingerprint density at radius 3 is 2.00 bits per heavy atom. The summed E-state index contributed by atoms with van der Waals surface area (Å²) >= 11 is 0. The summed E-state index contributed by atoms with van der Waals surface area (Å²) in [7, 11) is 2.56. The van der Waals surface area contributed by atoms with Crippen molar-refractivity contribution in [2.75, 3.05) is 19.1 Å². The van der Waals surface area contributed by atoms with E-state index in [-0.39, 0.29) is 5.78 Å². The van der Waals surface area contributed by atoms with Crippen LogP contribution in [0.25, 0.3) is 0 Å². The number of benzene rings is 2. The Labute approximate surface area is 156 Å². The number of rotatable bonds is 3. The summed E-state index contributed by atoms with van der Waals surface area (Å²) in [6.07, 6.45) is 0. The Bertz CT molecular complexity index is 910. The molecule has 4 rings (SSSR count). The Morgan fingerprint density at radius 1 is 0.815 bits per heavy atom. The fourth-order valence-corrected chi connectivity index (χ4v) is 4.43. The van der Waals surface area contributed by atoms with E-state index in [4.69, 9.17) is 9.47 Å². The Morgan fingerprint density at radius 2 is 1.37 bits per heavy atom. The first-order valence-electron chi connectivity index (χ1n) is 8.72. The van der Waals surface area contributed by atoms with Crippen LogP contribution >= 0.6 is 0 Å². The highest BCUT2D eigenvalue weighted by atomic mass is 16.5. The van der Waals surface area contributed by atoms with Gasteiger partial charge in [0.1, 0.15) is 12.0 Å². The quantitative estimate of drug-likeness (QED) is 0.778. The molecule has 1 saturated heterocycles.